The highest BCUT2D eigenvalue weighted by atomic mass is 32.2. The molecule has 0 bridgehead atoms. The number of rotatable bonds is 2. The van der Waals surface area contributed by atoms with Gasteiger partial charge in [-0.2, -0.15) is 8.42 Å². The van der Waals surface area contributed by atoms with Crippen LogP contribution < -0.4 is 0 Å². The van der Waals surface area contributed by atoms with Crippen molar-refractivity contribution in [3.63, 3.8) is 0 Å². The van der Waals surface area contributed by atoms with E-state index in [0.717, 1.165) is 0 Å². The molecule has 0 saturated heterocycles. The summed E-state index contributed by atoms with van der Waals surface area (Å²) in [5.74, 6) is 0. The molecular weight excluding hydrogens is 250 g/mol. The minimum atomic E-state index is -4.28. The molecule has 1 aromatic carbocycles. The number of hydrogen-bond donors (Lipinski definition) is 2. The highest BCUT2D eigenvalue weighted by Crippen LogP contribution is 2.26. The van der Waals surface area contributed by atoms with Crippen molar-refractivity contribution >= 4 is 22.7 Å². The number of aromatic nitrogens is 1. The van der Waals surface area contributed by atoms with Gasteiger partial charge < -0.3 is 4.42 Å². The lowest BCUT2D eigenvalue weighted by molar-refractivity contribution is 0.456. The highest BCUT2D eigenvalue weighted by Gasteiger charge is 2.17. The fourth-order valence-electron chi connectivity index (χ4n) is 1.29. The molecule has 1 aromatic heterocycles. The van der Waals surface area contributed by atoms with Gasteiger partial charge in [-0.05, 0) is 6.07 Å². The van der Waals surface area contributed by atoms with Crippen LogP contribution in [0.2, 0.25) is 0 Å². The Morgan fingerprint density at radius 1 is 1.31 bits per heavy atom. The molecule has 0 aliphatic heterocycles. The van der Waals surface area contributed by atoms with E-state index in [2.05, 4.69) is 17.6 Å². The second kappa shape index (κ2) is 3.93. The van der Waals surface area contributed by atoms with Gasteiger partial charge in [-0.15, -0.1) is 0 Å². The van der Waals surface area contributed by atoms with Gasteiger partial charge in [0.05, 0.1) is 0 Å². The number of benzene rings is 1. The summed E-state index contributed by atoms with van der Waals surface area (Å²) in [4.78, 5) is 3.67. The fourth-order valence-corrected chi connectivity index (χ4v) is 2.15. The van der Waals surface area contributed by atoms with Crippen molar-refractivity contribution < 1.29 is 17.4 Å². The summed E-state index contributed by atoms with van der Waals surface area (Å²) in [5, 5.41) is 0.125. The van der Waals surface area contributed by atoms with Gasteiger partial charge in [0.15, 0.2) is 0 Å². The first-order chi connectivity index (χ1) is 7.48. The van der Waals surface area contributed by atoms with Crippen LogP contribution in [0.4, 0.5) is 0 Å². The van der Waals surface area contributed by atoms with Crippen LogP contribution in [0.3, 0.4) is 0 Å². The average Bonchev–Trinajstić information content (AvgIpc) is 2.64. The predicted molar refractivity (Wildman–Crippen MR) is 59.0 cm³/mol. The SMILES string of the molecule is O=S(=O)(O)c1ccccc1-c1coc(S)n1. The van der Waals surface area contributed by atoms with Gasteiger partial charge in [0.2, 0.25) is 0 Å². The molecule has 2 aromatic rings. The third kappa shape index (κ3) is 2.11. The smallest absolute Gasteiger partial charge is 0.295 e. The van der Waals surface area contributed by atoms with Gasteiger partial charge in [0.25, 0.3) is 15.3 Å². The molecule has 0 atom stereocenters. The average molecular weight is 257 g/mol. The molecule has 0 spiro atoms. The van der Waals surface area contributed by atoms with Crippen LogP contribution in [0.1, 0.15) is 0 Å². The van der Waals surface area contributed by atoms with Crippen molar-refractivity contribution in [1.29, 1.82) is 0 Å². The fraction of sp³-hybridized carbons (Fsp3) is 0. The van der Waals surface area contributed by atoms with E-state index in [1.165, 1.54) is 24.5 Å². The molecule has 5 nitrogen and oxygen atoms in total. The highest BCUT2D eigenvalue weighted by molar-refractivity contribution is 7.86. The summed E-state index contributed by atoms with van der Waals surface area (Å²) in [7, 11) is -4.28. The second-order valence-electron chi connectivity index (χ2n) is 2.99. The van der Waals surface area contributed by atoms with Crippen LogP contribution in [-0.4, -0.2) is 18.0 Å². The monoisotopic (exact) mass is 257 g/mol. The van der Waals surface area contributed by atoms with Crippen LogP contribution in [-0.2, 0) is 10.1 Å². The Kier molecular flexibility index (Phi) is 2.75. The molecule has 0 aliphatic rings. The van der Waals surface area contributed by atoms with E-state index in [-0.39, 0.29) is 15.7 Å². The zero-order valence-corrected chi connectivity index (χ0v) is 9.57. The molecule has 2 rings (SSSR count). The maximum atomic E-state index is 11.1. The molecule has 0 unspecified atom stereocenters. The maximum Gasteiger partial charge on any atom is 0.295 e. The molecule has 0 radical (unpaired) electrons. The van der Waals surface area contributed by atoms with Gasteiger partial charge in [-0.1, -0.05) is 30.8 Å². The lowest BCUT2D eigenvalue weighted by atomic mass is 10.2. The summed E-state index contributed by atoms with van der Waals surface area (Å²) >= 11 is 3.87. The van der Waals surface area contributed by atoms with Gasteiger partial charge in [0, 0.05) is 5.56 Å². The van der Waals surface area contributed by atoms with Crippen molar-refractivity contribution in [3.8, 4) is 11.3 Å². The summed E-state index contributed by atoms with van der Waals surface area (Å²) < 4.78 is 36.1. The standard InChI is InChI=1S/C9H7NO4S2/c11-16(12,13)8-4-2-1-3-6(8)7-5-14-9(15)10-7/h1-5H,(H,10,15)(H,11,12,13). The summed E-state index contributed by atoms with van der Waals surface area (Å²) in [6.07, 6.45) is 1.27. The zero-order chi connectivity index (χ0) is 11.8. The molecule has 84 valence electrons. The Bertz CT molecular complexity index is 618. The van der Waals surface area contributed by atoms with E-state index < -0.39 is 10.1 Å². The van der Waals surface area contributed by atoms with E-state index in [1.807, 2.05) is 0 Å². The van der Waals surface area contributed by atoms with Crippen LogP contribution in [0.25, 0.3) is 11.3 Å². The molecule has 0 fully saturated rings. The Hall–Kier alpha value is -1.31. The van der Waals surface area contributed by atoms with Crippen LogP contribution in [0.15, 0.2) is 45.1 Å². The predicted octanol–water partition coefficient (Wildman–Crippen LogP) is 1.88. The summed E-state index contributed by atoms with van der Waals surface area (Å²) in [6, 6.07) is 5.96. The lowest BCUT2D eigenvalue weighted by Crippen LogP contribution is -2.00. The van der Waals surface area contributed by atoms with Gasteiger partial charge in [-0.25, -0.2) is 4.98 Å². The van der Waals surface area contributed by atoms with Crippen molar-refractivity contribution in [2.24, 2.45) is 0 Å². The Morgan fingerprint density at radius 3 is 2.56 bits per heavy atom. The van der Waals surface area contributed by atoms with E-state index in [0.29, 0.717) is 5.69 Å². The van der Waals surface area contributed by atoms with Gasteiger partial charge in [0.1, 0.15) is 16.9 Å². The molecule has 1 heterocycles. The largest absolute Gasteiger partial charge is 0.439 e. The number of oxazole rings is 1. The van der Waals surface area contributed by atoms with E-state index >= 15 is 0 Å². The first kappa shape index (κ1) is 11.2. The minimum Gasteiger partial charge on any atom is -0.439 e. The zero-order valence-electron chi connectivity index (χ0n) is 7.86. The van der Waals surface area contributed by atoms with Crippen molar-refractivity contribution in [3.05, 3.63) is 30.5 Å². The van der Waals surface area contributed by atoms with Crippen LogP contribution in [0.5, 0.6) is 0 Å². The molecule has 1 N–H and O–H groups in total. The molecule has 0 amide bonds. The van der Waals surface area contributed by atoms with Gasteiger partial charge >= 0.3 is 0 Å². The number of thiol groups is 1. The van der Waals surface area contributed by atoms with E-state index in [1.54, 1.807) is 6.07 Å². The molecule has 0 saturated carbocycles. The third-order valence-corrected chi connectivity index (χ3v) is 3.05. The quantitative estimate of drug-likeness (QED) is 0.634. The van der Waals surface area contributed by atoms with Crippen LogP contribution in [0, 0.1) is 0 Å². The number of hydrogen-bond acceptors (Lipinski definition) is 5. The van der Waals surface area contributed by atoms with E-state index in [4.69, 9.17) is 8.97 Å². The van der Waals surface area contributed by atoms with Crippen LogP contribution >= 0.6 is 12.6 Å². The molecule has 16 heavy (non-hydrogen) atoms. The summed E-state index contributed by atoms with van der Waals surface area (Å²) in [6.45, 7) is 0. The Balaban J connectivity index is 2.66. The van der Waals surface area contributed by atoms with Gasteiger partial charge in [-0.3, -0.25) is 4.55 Å². The Labute approximate surface area is 97.3 Å². The van der Waals surface area contributed by atoms with Crippen molar-refractivity contribution in [2.45, 2.75) is 10.1 Å². The maximum absolute atomic E-state index is 11.1. The van der Waals surface area contributed by atoms with Crippen molar-refractivity contribution in [1.82, 2.24) is 4.98 Å². The molecule has 0 aliphatic carbocycles. The first-order valence-corrected chi connectivity index (χ1v) is 6.08. The lowest BCUT2D eigenvalue weighted by Gasteiger charge is -2.02. The normalized spacial score (nSPS) is 11.6. The number of nitrogens with zero attached hydrogens (tertiary/aromatic N) is 1. The summed E-state index contributed by atoms with van der Waals surface area (Å²) in [5.41, 5.74) is 0.576. The molecule has 7 heteroatoms. The molecular formula is C9H7NO4S2. The topological polar surface area (TPSA) is 80.4 Å². The van der Waals surface area contributed by atoms with E-state index in [9.17, 15) is 8.42 Å². The third-order valence-electron chi connectivity index (χ3n) is 1.93. The second-order valence-corrected chi connectivity index (χ2v) is 4.76. The minimum absolute atomic E-state index is 0.125. The Morgan fingerprint density at radius 2 is 2.00 bits per heavy atom. The van der Waals surface area contributed by atoms with Crippen molar-refractivity contribution in [2.75, 3.05) is 0 Å². The first-order valence-electron chi connectivity index (χ1n) is 4.20.